The number of amides is 1. The first kappa shape index (κ1) is 13.3. The second kappa shape index (κ2) is 5.64. The van der Waals surface area contributed by atoms with Crippen LogP contribution in [0.3, 0.4) is 0 Å². The van der Waals surface area contributed by atoms with Crippen LogP contribution in [0.2, 0.25) is 0 Å². The topological polar surface area (TPSA) is 115 Å². The highest BCUT2D eigenvalue weighted by molar-refractivity contribution is 5.95. The molecule has 1 unspecified atom stereocenters. The Morgan fingerprint density at radius 1 is 1.68 bits per heavy atom. The summed E-state index contributed by atoms with van der Waals surface area (Å²) in [6, 6.07) is 0. The molecule has 1 atom stereocenters. The molecule has 8 nitrogen and oxygen atoms in total. The second-order valence-corrected chi connectivity index (χ2v) is 4.41. The van der Waals surface area contributed by atoms with Crippen LogP contribution in [0.5, 0.6) is 0 Å². The van der Waals surface area contributed by atoms with E-state index < -0.39 is 0 Å². The molecule has 1 aliphatic rings. The number of hydrogen-bond acceptors (Lipinski definition) is 5. The lowest BCUT2D eigenvalue weighted by atomic mass is 10.1. The summed E-state index contributed by atoms with van der Waals surface area (Å²) in [6.07, 6.45) is 1.85. The van der Waals surface area contributed by atoms with Crippen molar-refractivity contribution in [2.45, 2.75) is 20.0 Å². The van der Waals surface area contributed by atoms with Crippen LogP contribution in [0.25, 0.3) is 10.4 Å². The predicted octanol–water partition coefficient (Wildman–Crippen LogP) is 0.941. The predicted molar refractivity (Wildman–Crippen MR) is 67.2 cm³/mol. The third-order valence-electron chi connectivity index (χ3n) is 3.00. The number of anilines is 1. The van der Waals surface area contributed by atoms with Gasteiger partial charge in [0.15, 0.2) is 0 Å². The van der Waals surface area contributed by atoms with Crippen LogP contribution in [0.1, 0.15) is 17.8 Å². The fraction of sp³-hybridized carbons (Fsp3) is 0.545. The molecule has 0 saturated carbocycles. The summed E-state index contributed by atoms with van der Waals surface area (Å²) in [5, 5.41) is 12.8. The molecule has 0 bridgehead atoms. The van der Waals surface area contributed by atoms with Gasteiger partial charge < -0.3 is 5.11 Å². The second-order valence-electron chi connectivity index (χ2n) is 4.41. The van der Waals surface area contributed by atoms with Gasteiger partial charge in [-0.2, -0.15) is 0 Å². The summed E-state index contributed by atoms with van der Waals surface area (Å²) in [4.78, 5) is 24.4. The van der Waals surface area contributed by atoms with Gasteiger partial charge in [0.1, 0.15) is 11.6 Å². The fourth-order valence-electron chi connectivity index (χ4n) is 2.09. The molecule has 2 heterocycles. The van der Waals surface area contributed by atoms with Gasteiger partial charge in [0.05, 0.1) is 6.61 Å². The van der Waals surface area contributed by atoms with Gasteiger partial charge in [-0.1, -0.05) is 5.11 Å². The molecule has 8 heteroatoms. The molecule has 0 aliphatic carbocycles. The van der Waals surface area contributed by atoms with Crippen molar-refractivity contribution >= 4 is 11.7 Å². The monoisotopic (exact) mass is 262 g/mol. The SMILES string of the molecule is Cc1ncc(CO)c(N2CC(CN=[N+]=[N-])CC2=O)n1. The number of hydrogen-bond donors (Lipinski definition) is 1. The van der Waals surface area contributed by atoms with Gasteiger partial charge >= 0.3 is 0 Å². The van der Waals surface area contributed by atoms with E-state index in [1.54, 1.807) is 6.92 Å². The Balaban J connectivity index is 2.24. The van der Waals surface area contributed by atoms with E-state index in [0.29, 0.717) is 30.2 Å². The summed E-state index contributed by atoms with van der Waals surface area (Å²) in [5.41, 5.74) is 8.82. The van der Waals surface area contributed by atoms with Gasteiger partial charge in [-0.3, -0.25) is 9.69 Å². The van der Waals surface area contributed by atoms with Crippen LogP contribution in [0.4, 0.5) is 5.82 Å². The molecular weight excluding hydrogens is 248 g/mol. The molecule has 19 heavy (non-hydrogen) atoms. The largest absolute Gasteiger partial charge is 0.391 e. The van der Waals surface area contributed by atoms with E-state index in [9.17, 15) is 9.90 Å². The van der Waals surface area contributed by atoms with Crippen molar-refractivity contribution in [1.29, 1.82) is 0 Å². The van der Waals surface area contributed by atoms with Gasteiger partial charge in [-0.15, -0.1) is 0 Å². The van der Waals surface area contributed by atoms with E-state index in [1.165, 1.54) is 11.1 Å². The van der Waals surface area contributed by atoms with Crippen LogP contribution < -0.4 is 4.90 Å². The standard InChI is InChI=1S/C11H14N6O2/c1-7-13-4-9(6-18)11(15-7)17-5-8(2-10(17)19)3-14-16-12/h4,8,18H,2-3,5-6H2,1H3. The van der Waals surface area contributed by atoms with Crippen molar-refractivity contribution < 1.29 is 9.90 Å². The first-order chi connectivity index (χ1) is 9.15. The molecule has 1 fully saturated rings. The molecule has 1 aromatic heterocycles. The van der Waals surface area contributed by atoms with Crippen LogP contribution in [-0.2, 0) is 11.4 Å². The van der Waals surface area contributed by atoms with Gasteiger partial charge in [-0.25, -0.2) is 9.97 Å². The average Bonchev–Trinajstić information content (AvgIpc) is 2.77. The highest BCUT2D eigenvalue weighted by Crippen LogP contribution is 2.26. The molecule has 1 aliphatic heterocycles. The lowest BCUT2D eigenvalue weighted by Gasteiger charge is -2.18. The van der Waals surface area contributed by atoms with Gasteiger partial charge in [0, 0.05) is 36.2 Å². The Hall–Kier alpha value is -2.18. The van der Waals surface area contributed by atoms with E-state index in [-0.39, 0.29) is 25.0 Å². The summed E-state index contributed by atoms with van der Waals surface area (Å²) in [6.45, 7) is 2.24. The van der Waals surface area contributed by atoms with Crippen LogP contribution in [-0.4, -0.2) is 34.1 Å². The molecule has 100 valence electrons. The molecule has 1 saturated heterocycles. The normalized spacial score (nSPS) is 18.5. The maximum absolute atomic E-state index is 12.0. The van der Waals surface area contributed by atoms with Gasteiger partial charge in [0.2, 0.25) is 5.91 Å². The zero-order chi connectivity index (χ0) is 13.8. The number of carbonyl (C=O) groups excluding carboxylic acids is 1. The number of aromatic nitrogens is 2. The number of carbonyl (C=O) groups is 1. The number of rotatable bonds is 4. The number of aryl methyl sites for hydroxylation is 1. The highest BCUT2D eigenvalue weighted by Gasteiger charge is 2.32. The number of aliphatic hydroxyl groups excluding tert-OH is 1. The maximum atomic E-state index is 12.0. The summed E-state index contributed by atoms with van der Waals surface area (Å²) in [5.74, 6) is 0.901. The number of nitrogens with zero attached hydrogens (tertiary/aromatic N) is 6. The zero-order valence-electron chi connectivity index (χ0n) is 10.5. The lowest BCUT2D eigenvalue weighted by Crippen LogP contribution is -2.27. The van der Waals surface area contributed by atoms with Crippen molar-refractivity contribution in [3.05, 3.63) is 28.0 Å². The molecule has 0 spiro atoms. The Bertz CT molecular complexity index is 540. The van der Waals surface area contributed by atoms with Crippen LogP contribution in [0.15, 0.2) is 11.3 Å². The molecule has 2 rings (SSSR count). The maximum Gasteiger partial charge on any atom is 0.228 e. The molecule has 0 radical (unpaired) electrons. The van der Waals surface area contributed by atoms with Crippen LogP contribution in [0, 0.1) is 12.8 Å². The molecule has 1 N–H and O–H groups in total. The minimum absolute atomic E-state index is 0.00906. The van der Waals surface area contributed by atoms with E-state index in [2.05, 4.69) is 20.0 Å². The Kier molecular flexibility index (Phi) is 3.94. The van der Waals surface area contributed by atoms with E-state index >= 15 is 0 Å². The fourth-order valence-corrected chi connectivity index (χ4v) is 2.09. The third kappa shape index (κ3) is 2.81. The van der Waals surface area contributed by atoms with Crippen molar-refractivity contribution in [2.24, 2.45) is 11.0 Å². The molecule has 0 aromatic carbocycles. The van der Waals surface area contributed by atoms with Crippen molar-refractivity contribution in [2.75, 3.05) is 18.0 Å². The summed E-state index contributed by atoms with van der Waals surface area (Å²) < 4.78 is 0. The van der Waals surface area contributed by atoms with Crippen molar-refractivity contribution in [1.82, 2.24) is 9.97 Å². The quantitative estimate of drug-likeness (QED) is 0.493. The van der Waals surface area contributed by atoms with Crippen molar-refractivity contribution in [3.8, 4) is 0 Å². The van der Waals surface area contributed by atoms with E-state index in [1.807, 2.05) is 0 Å². The minimum Gasteiger partial charge on any atom is -0.391 e. The Morgan fingerprint density at radius 2 is 2.47 bits per heavy atom. The zero-order valence-corrected chi connectivity index (χ0v) is 10.5. The molecule has 1 amide bonds. The number of aliphatic hydroxyl groups is 1. The van der Waals surface area contributed by atoms with E-state index in [0.717, 1.165) is 0 Å². The van der Waals surface area contributed by atoms with Crippen LogP contribution >= 0.6 is 0 Å². The first-order valence-corrected chi connectivity index (χ1v) is 5.90. The summed E-state index contributed by atoms with van der Waals surface area (Å²) >= 11 is 0. The summed E-state index contributed by atoms with van der Waals surface area (Å²) in [7, 11) is 0. The third-order valence-corrected chi connectivity index (χ3v) is 3.00. The first-order valence-electron chi connectivity index (χ1n) is 5.90. The molecular formula is C11H14N6O2. The Morgan fingerprint density at radius 3 is 3.16 bits per heavy atom. The molecule has 1 aromatic rings. The average molecular weight is 262 g/mol. The highest BCUT2D eigenvalue weighted by atomic mass is 16.3. The van der Waals surface area contributed by atoms with Gasteiger partial charge in [-0.05, 0) is 18.4 Å². The van der Waals surface area contributed by atoms with Crippen molar-refractivity contribution in [3.63, 3.8) is 0 Å². The minimum atomic E-state index is -0.222. The van der Waals surface area contributed by atoms with Gasteiger partial charge in [0.25, 0.3) is 0 Å². The smallest absolute Gasteiger partial charge is 0.228 e. The Labute approximate surface area is 109 Å². The lowest BCUT2D eigenvalue weighted by molar-refractivity contribution is -0.117. The van der Waals surface area contributed by atoms with E-state index in [4.69, 9.17) is 5.53 Å². The number of azide groups is 1.